The monoisotopic (exact) mass is 446 g/mol. The van der Waals surface area contributed by atoms with Gasteiger partial charge in [0.15, 0.2) is 0 Å². The van der Waals surface area contributed by atoms with Gasteiger partial charge in [-0.1, -0.05) is 23.7 Å². The smallest absolute Gasteiger partial charge is 0.137 e. The van der Waals surface area contributed by atoms with Crippen LogP contribution >= 0.6 is 24.0 Å². The Morgan fingerprint density at radius 1 is 1.07 bits per heavy atom. The molecule has 0 spiro atoms. The van der Waals surface area contributed by atoms with Gasteiger partial charge < -0.3 is 14.2 Å². The van der Waals surface area contributed by atoms with Crippen molar-refractivity contribution in [3.05, 3.63) is 64.7 Å². The first kappa shape index (κ1) is 21.5. The van der Waals surface area contributed by atoms with Crippen molar-refractivity contribution < 1.29 is 9.84 Å². The second kappa shape index (κ2) is 8.78. The van der Waals surface area contributed by atoms with E-state index in [1.807, 2.05) is 24.7 Å². The summed E-state index contributed by atoms with van der Waals surface area (Å²) in [6, 6.07) is 10.5. The number of benzene rings is 1. The van der Waals surface area contributed by atoms with Crippen LogP contribution < -0.4 is 4.74 Å². The molecule has 4 nitrogen and oxygen atoms in total. The molecule has 0 radical (unpaired) electrons. The average Bonchev–Trinajstić information content (AvgIpc) is 3.49. The number of aliphatic hydroxyl groups excluding tert-OH is 1. The van der Waals surface area contributed by atoms with Crippen LogP contribution in [0.15, 0.2) is 42.9 Å². The standard InChI is InChI=1S/C24H27ClN2O2.ClH/c1-29-22-11-8-18(12-21(22)25)15-2-6-17(7-3-15)24(28)23-20(16-4-5-16)10-9-19-13-26-14-27(19)23;/h8-17,24,28H,2-7H2,1H3;1H/t15?,17?,24-;/m0./s1. The van der Waals surface area contributed by atoms with E-state index in [4.69, 9.17) is 16.3 Å². The second-order valence-corrected chi connectivity index (χ2v) is 8.99. The van der Waals surface area contributed by atoms with Gasteiger partial charge in [-0.3, -0.25) is 0 Å². The first-order chi connectivity index (χ1) is 14.2. The van der Waals surface area contributed by atoms with Crippen LogP contribution in [-0.2, 0) is 0 Å². The SMILES string of the molecule is COc1ccc(C2CCC([C@H](O)c3c(C4CC4)ccc4cncn34)CC2)cc1Cl.Cl. The first-order valence-electron chi connectivity index (χ1n) is 10.6. The van der Waals surface area contributed by atoms with E-state index in [0.29, 0.717) is 16.9 Å². The summed E-state index contributed by atoms with van der Waals surface area (Å²) in [5, 5.41) is 12.1. The lowest BCUT2D eigenvalue weighted by molar-refractivity contribution is 0.0754. The molecule has 2 fully saturated rings. The Hall–Kier alpha value is -1.75. The van der Waals surface area contributed by atoms with Gasteiger partial charge in [-0.15, -0.1) is 12.4 Å². The second-order valence-electron chi connectivity index (χ2n) is 8.59. The van der Waals surface area contributed by atoms with Crippen molar-refractivity contribution in [2.75, 3.05) is 7.11 Å². The fourth-order valence-corrected chi connectivity index (χ4v) is 5.28. The molecule has 6 heteroatoms. The zero-order valence-electron chi connectivity index (χ0n) is 17.1. The van der Waals surface area contributed by atoms with Crippen LogP contribution in [0, 0.1) is 5.92 Å². The van der Waals surface area contributed by atoms with Crippen LogP contribution in [0.25, 0.3) is 5.52 Å². The summed E-state index contributed by atoms with van der Waals surface area (Å²) < 4.78 is 7.38. The number of aromatic nitrogens is 2. The number of hydrogen-bond donors (Lipinski definition) is 1. The lowest BCUT2D eigenvalue weighted by Crippen LogP contribution is -2.22. The van der Waals surface area contributed by atoms with Crippen LogP contribution in [0.4, 0.5) is 0 Å². The zero-order chi connectivity index (χ0) is 20.0. The van der Waals surface area contributed by atoms with Gasteiger partial charge in [0.2, 0.25) is 0 Å². The molecular weight excluding hydrogens is 419 g/mol. The quantitative estimate of drug-likeness (QED) is 0.499. The molecule has 1 N–H and O–H groups in total. The molecular formula is C24H28Cl2N2O2. The topological polar surface area (TPSA) is 46.8 Å². The lowest BCUT2D eigenvalue weighted by Gasteiger charge is -2.33. The predicted octanol–water partition coefficient (Wildman–Crippen LogP) is 6.30. The van der Waals surface area contributed by atoms with Gasteiger partial charge in [-0.05, 0) is 85.6 Å². The molecule has 1 aromatic carbocycles. The number of methoxy groups -OCH3 is 1. The number of imidazole rings is 1. The number of ether oxygens (including phenoxy) is 1. The summed E-state index contributed by atoms with van der Waals surface area (Å²) in [6.45, 7) is 0. The van der Waals surface area contributed by atoms with E-state index in [-0.39, 0.29) is 18.3 Å². The molecule has 3 aromatic rings. The largest absolute Gasteiger partial charge is 0.495 e. The average molecular weight is 447 g/mol. The molecule has 0 amide bonds. The number of fused-ring (bicyclic) bond motifs is 1. The predicted molar refractivity (Wildman–Crippen MR) is 122 cm³/mol. The van der Waals surface area contributed by atoms with Gasteiger partial charge in [-0.25, -0.2) is 4.98 Å². The van der Waals surface area contributed by atoms with Crippen molar-refractivity contribution in [1.82, 2.24) is 9.38 Å². The van der Waals surface area contributed by atoms with Gasteiger partial charge in [-0.2, -0.15) is 0 Å². The highest BCUT2D eigenvalue weighted by atomic mass is 35.5. The summed E-state index contributed by atoms with van der Waals surface area (Å²) in [5.74, 6) is 2.10. The van der Waals surface area contributed by atoms with Crippen molar-refractivity contribution in [2.45, 2.75) is 56.5 Å². The van der Waals surface area contributed by atoms with Crippen molar-refractivity contribution in [2.24, 2.45) is 5.92 Å². The van der Waals surface area contributed by atoms with Gasteiger partial charge in [0.25, 0.3) is 0 Å². The molecule has 160 valence electrons. The maximum Gasteiger partial charge on any atom is 0.137 e. The van der Waals surface area contributed by atoms with E-state index in [0.717, 1.165) is 42.6 Å². The number of pyridine rings is 1. The molecule has 0 bridgehead atoms. The molecule has 30 heavy (non-hydrogen) atoms. The van der Waals surface area contributed by atoms with Crippen molar-refractivity contribution in [1.29, 1.82) is 0 Å². The Balaban J connectivity index is 0.00000218. The minimum Gasteiger partial charge on any atom is -0.495 e. The molecule has 2 aliphatic rings. The molecule has 0 aliphatic heterocycles. The van der Waals surface area contributed by atoms with Crippen molar-refractivity contribution in [3.63, 3.8) is 0 Å². The summed E-state index contributed by atoms with van der Waals surface area (Å²) >= 11 is 6.33. The summed E-state index contributed by atoms with van der Waals surface area (Å²) in [5.41, 5.74) is 4.72. The summed E-state index contributed by atoms with van der Waals surface area (Å²) in [7, 11) is 1.64. The molecule has 0 unspecified atom stereocenters. The Morgan fingerprint density at radius 2 is 1.80 bits per heavy atom. The Morgan fingerprint density at radius 3 is 2.47 bits per heavy atom. The minimum absolute atomic E-state index is 0. The fraction of sp³-hybridized carbons (Fsp3) is 0.458. The highest BCUT2D eigenvalue weighted by Crippen LogP contribution is 2.47. The molecule has 2 saturated carbocycles. The number of halogens is 2. The maximum absolute atomic E-state index is 11.4. The van der Waals surface area contributed by atoms with Crippen LogP contribution in [-0.4, -0.2) is 21.6 Å². The molecule has 2 aliphatic carbocycles. The Bertz CT molecular complexity index is 1020. The highest BCUT2D eigenvalue weighted by molar-refractivity contribution is 6.32. The highest BCUT2D eigenvalue weighted by Gasteiger charge is 2.34. The van der Waals surface area contributed by atoms with Crippen LogP contribution in [0.5, 0.6) is 5.75 Å². The van der Waals surface area contributed by atoms with E-state index in [1.54, 1.807) is 7.11 Å². The van der Waals surface area contributed by atoms with E-state index in [9.17, 15) is 5.11 Å². The lowest BCUT2D eigenvalue weighted by atomic mass is 9.75. The maximum atomic E-state index is 11.4. The van der Waals surface area contributed by atoms with E-state index in [1.165, 1.54) is 24.0 Å². The molecule has 2 heterocycles. The van der Waals surface area contributed by atoms with E-state index < -0.39 is 6.10 Å². The normalized spacial score (nSPS) is 22.5. The van der Waals surface area contributed by atoms with Gasteiger partial charge in [0.1, 0.15) is 5.75 Å². The van der Waals surface area contributed by atoms with Gasteiger partial charge in [0, 0.05) is 0 Å². The van der Waals surface area contributed by atoms with Crippen molar-refractivity contribution in [3.8, 4) is 5.75 Å². The molecule has 0 saturated heterocycles. The van der Waals surface area contributed by atoms with Crippen LogP contribution in [0.3, 0.4) is 0 Å². The summed E-state index contributed by atoms with van der Waals surface area (Å²) in [4.78, 5) is 4.31. The van der Waals surface area contributed by atoms with Crippen LogP contribution in [0.1, 0.15) is 73.3 Å². The third-order valence-electron chi connectivity index (χ3n) is 6.82. The number of nitrogens with zero attached hydrogens (tertiary/aromatic N) is 2. The molecule has 1 atom stereocenters. The third-order valence-corrected chi connectivity index (χ3v) is 7.11. The van der Waals surface area contributed by atoms with E-state index >= 15 is 0 Å². The third kappa shape index (κ3) is 3.93. The Kier molecular flexibility index (Phi) is 6.29. The summed E-state index contributed by atoms with van der Waals surface area (Å²) in [6.07, 6.45) is 9.92. The van der Waals surface area contributed by atoms with E-state index in [2.05, 4.69) is 27.6 Å². The van der Waals surface area contributed by atoms with Gasteiger partial charge in [0.05, 0.1) is 42.0 Å². The number of hydrogen-bond acceptors (Lipinski definition) is 3. The fourth-order valence-electron chi connectivity index (χ4n) is 5.01. The molecule has 5 rings (SSSR count). The Labute approximate surface area is 188 Å². The first-order valence-corrected chi connectivity index (χ1v) is 11.0. The van der Waals surface area contributed by atoms with Gasteiger partial charge >= 0.3 is 0 Å². The molecule has 2 aromatic heterocycles. The zero-order valence-corrected chi connectivity index (χ0v) is 18.7. The van der Waals surface area contributed by atoms with Crippen LogP contribution in [0.2, 0.25) is 5.02 Å². The minimum atomic E-state index is -0.441. The number of aliphatic hydroxyl groups is 1. The van der Waals surface area contributed by atoms with Crippen molar-refractivity contribution >= 4 is 29.5 Å². The number of rotatable bonds is 5.